The van der Waals surface area contributed by atoms with E-state index in [4.69, 9.17) is 27.3 Å². The number of anilines is 1. The number of halogens is 1. The summed E-state index contributed by atoms with van der Waals surface area (Å²) in [7, 11) is 0. The summed E-state index contributed by atoms with van der Waals surface area (Å²) in [6.07, 6.45) is 2.92. The number of nitrogens with two attached hydrogens (primary N) is 1. The fourth-order valence-electron chi connectivity index (χ4n) is 1.19. The van der Waals surface area contributed by atoms with Crippen molar-refractivity contribution in [3.8, 4) is 17.7 Å². The van der Waals surface area contributed by atoms with E-state index < -0.39 is 0 Å². The van der Waals surface area contributed by atoms with Gasteiger partial charge < -0.3 is 10.5 Å². The predicted molar refractivity (Wildman–Crippen MR) is 62.7 cm³/mol. The third kappa shape index (κ3) is 2.44. The van der Waals surface area contributed by atoms with Crippen molar-refractivity contribution in [2.45, 2.75) is 0 Å². The molecule has 84 valence electrons. The second-order valence-corrected chi connectivity index (χ2v) is 3.55. The molecule has 5 nitrogen and oxygen atoms in total. The summed E-state index contributed by atoms with van der Waals surface area (Å²) in [5.41, 5.74) is 6.15. The van der Waals surface area contributed by atoms with E-state index in [2.05, 4.69) is 9.97 Å². The highest BCUT2D eigenvalue weighted by Crippen LogP contribution is 2.27. The summed E-state index contributed by atoms with van der Waals surface area (Å²) < 4.78 is 5.41. The molecule has 0 saturated carbocycles. The average Bonchev–Trinajstić information content (AvgIpc) is 2.33. The van der Waals surface area contributed by atoms with Crippen LogP contribution in [0.25, 0.3) is 0 Å². The van der Waals surface area contributed by atoms with Crippen molar-refractivity contribution in [1.29, 1.82) is 5.26 Å². The lowest BCUT2D eigenvalue weighted by Gasteiger charge is -2.07. The van der Waals surface area contributed by atoms with Crippen LogP contribution >= 0.6 is 11.6 Å². The molecule has 0 aliphatic heterocycles. The van der Waals surface area contributed by atoms with Crippen LogP contribution in [-0.4, -0.2) is 9.97 Å². The first-order valence-corrected chi connectivity index (χ1v) is 5.02. The van der Waals surface area contributed by atoms with Crippen LogP contribution in [0, 0.1) is 11.3 Å². The van der Waals surface area contributed by atoms with Crippen molar-refractivity contribution in [3.63, 3.8) is 0 Å². The predicted octanol–water partition coefficient (Wildman–Crippen LogP) is 2.38. The molecule has 0 spiro atoms. The van der Waals surface area contributed by atoms with Gasteiger partial charge >= 0.3 is 0 Å². The van der Waals surface area contributed by atoms with E-state index in [9.17, 15) is 0 Å². The molecule has 17 heavy (non-hydrogen) atoms. The minimum atomic E-state index is 0.170. The number of ether oxygens (including phenoxy) is 1. The van der Waals surface area contributed by atoms with E-state index in [0.29, 0.717) is 16.5 Å². The molecule has 0 atom stereocenters. The normalized spacial score (nSPS) is 9.65. The summed E-state index contributed by atoms with van der Waals surface area (Å²) in [6, 6.07) is 6.70. The van der Waals surface area contributed by atoms with E-state index in [1.807, 2.05) is 6.07 Å². The minimum Gasteiger partial charge on any atom is -0.434 e. The van der Waals surface area contributed by atoms with Crippen LogP contribution in [0.15, 0.2) is 30.6 Å². The van der Waals surface area contributed by atoms with Crippen molar-refractivity contribution in [2.75, 3.05) is 5.73 Å². The van der Waals surface area contributed by atoms with Crippen molar-refractivity contribution >= 4 is 17.3 Å². The number of nitrogen functional groups attached to an aromatic ring is 1. The molecule has 0 saturated heterocycles. The maximum absolute atomic E-state index is 8.84. The molecule has 2 aromatic heterocycles. The molecular formula is C11H7ClN4O. The highest BCUT2D eigenvalue weighted by Gasteiger charge is 2.08. The van der Waals surface area contributed by atoms with Crippen molar-refractivity contribution in [3.05, 3.63) is 41.3 Å². The van der Waals surface area contributed by atoms with Gasteiger partial charge in [-0.1, -0.05) is 11.6 Å². The largest absolute Gasteiger partial charge is 0.434 e. The highest BCUT2D eigenvalue weighted by molar-refractivity contribution is 6.30. The standard InChI is InChI=1S/C11H7ClN4O/c12-7-4-8(14)11(16-6-7)17-10-2-1-3-15-9(10)5-13/h1-4,6H,14H2. The summed E-state index contributed by atoms with van der Waals surface area (Å²) in [5, 5.41) is 9.26. The third-order valence-corrected chi connectivity index (χ3v) is 2.14. The molecule has 6 heteroatoms. The minimum absolute atomic E-state index is 0.170. The topological polar surface area (TPSA) is 84.8 Å². The average molecular weight is 247 g/mol. The third-order valence-electron chi connectivity index (χ3n) is 1.93. The van der Waals surface area contributed by atoms with Crippen LogP contribution < -0.4 is 10.5 Å². The van der Waals surface area contributed by atoms with Gasteiger partial charge in [0.1, 0.15) is 6.07 Å². The first-order valence-electron chi connectivity index (χ1n) is 4.64. The Kier molecular flexibility index (Phi) is 3.08. The summed E-state index contributed by atoms with van der Waals surface area (Å²) >= 11 is 5.72. The second kappa shape index (κ2) is 4.68. The Balaban J connectivity index is 2.35. The van der Waals surface area contributed by atoms with Gasteiger partial charge in [0.05, 0.1) is 10.7 Å². The zero-order chi connectivity index (χ0) is 12.3. The fraction of sp³-hybridized carbons (Fsp3) is 0. The molecule has 0 aromatic carbocycles. The van der Waals surface area contributed by atoms with E-state index in [-0.39, 0.29) is 11.6 Å². The Labute approximate surface area is 102 Å². The number of rotatable bonds is 2. The number of hydrogen-bond donors (Lipinski definition) is 1. The Morgan fingerprint density at radius 2 is 2.24 bits per heavy atom. The van der Waals surface area contributed by atoms with E-state index >= 15 is 0 Å². The quantitative estimate of drug-likeness (QED) is 0.879. The van der Waals surface area contributed by atoms with E-state index in [1.165, 1.54) is 18.5 Å². The Bertz CT molecular complexity index is 594. The smallest absolute Gasteiger partial charge is 0.242 e. The molecule has 0 radical (unpaired) electrons. The van der Waals surface area contributed by atoms with Gasteiger partial charge in [-0.2, -0.15) is 5.26 Å². The molecule has 2 heterocycles. The lowest BCUT2D eigenvalue weighted by molar-refractivity contribution is 0.461. The molecule has 0 aliphatic carbocycles. The summed E-state index contributed by atoms with van der Waals surface area (Å²) in [4.78, 5) is 7.79. The monoisotopic (exact) mass is 246 g/mol. The van der Waals surface area contributed by atoms with Crippen LogP contribution in [-0.2, 0) is 0 Å². The van der Waals surface area contributed by atoms with Gasteiger partial charge in [0.15, 0.2) is 11.4 Å². The second-order valence-electron chi connectivity index (χ2n) is 3.11. The number of nitrogens with zero attached hydrogens (tertiary/aromatic N) is 3. The molecule has 0 amide bonds. The first-order chi connectivity index (χ1) is 8.20. The highest BCUT2D eigenvalue weighted by atomic mass is 35.5. The molecule has 0 aliphatic rings. The fourth-order valence-corrected chi connectivity index (χ4v) is 1.36. The zero-order valence-corrected chi connectivity index (χ0v) is 9.35. The van der Waals surface area contributed by atoms with Crippen molar-refractivity contribution in [2.24, 2.45) is 0 Å². The molecular weight excluding hydrogens is 240 g/mol. The number of pyridine rings is 2. The molecule has 0 fully saturated rings. The van der Waals surface area contributed by atoms with Gasteiger partial charge in [0, 0.05) is 12.4 Å². The van der Waals surface area contributed by atoms with Crippen molar-refractivity contribution < 1.29 is 4.74 Å². The van der Waals surface area contributed by atoms with Gasteiger partial charge in [-0.15, -0.1) is 0 Å². The van der Waals surface area contributed by atoms with Gasteiger partial charge in [-0.3, -0.25) is 0 Å². The maximum atomic E-state index is 8.84. The zero-order valence-electron chi connectivity index (χ0n) is 8.59. The lowest BCUT2D eigenvalue weighted by atomic mass is 10.3. The molecule has 2 N–H and O–H groups in total. The van der Waals surface area contributed by atoms with E-state index in [1.54, 1.807) is 12.1 Å². The van der Waals surface area contributed by atoms with Gasteiger partial charge in [-0.25, -0.2) is 9.97 Å². The van der Waals surface area contributed by atoms with Crippen LogP contribution in [0.4, 0.5) is 5.69 Å². The van der Waals surface area contributed by atoms with Crippen LogP contribution in [0.1, 0.15) is 5.69 Å². The Hall–Kier alpha value is -2.32. The van der Waals surface area contributed by atoms with Gasteiger partial charge in [-0.05, 0) is 18.2 Å². The molecule has 2 aromatic rings. The van der Waals surface area contributed by atoms with Crippen LogP contribution in [0.5, 0.6) is 11.6 Å². The van der Waals surface area contributed by atoms with Gasteiger partial charge in [0.25, 0.3) is 0 Å². The van der Waals surface area contributed by atoms with Crippen LogP contribution in [0.3, 0.4) is 0 Å². The SMILES string of the molecule is N#Cc1ncccc1Oc1ncc(Cl)cc1N. The van der Waals surface area contributed by atoms with Gasteiger partial charge in [0.2, 0.25) is 5.88 Å². The Morgan fingerprint density at radius 1 is 1.41 bits per heavy atom. The molecule has 0 unspecified atom stereocenters. The van der Waals surface area contributed by atoms with Crippen LogP contribution in [0.2, 0.25) is 5.02 Å². The number of hydrogen-bond acceptors (Lipinski definition) is 5. The molecule has 0 bridgehead atoms. The summed E-state index contributed by atoms with van der Waals surface area (Å²) in [5.74, 6) is 0.496. The summed E-state index contributed by atoms with van der Waals surface area (Å²) in [6.45, 7) is 0. The maximum Gasteiger partial charge on any atom is 0.242 e. The van der Waals surface area contributed by atoms with E-state index in [0.717, 1.165) is 0 Å². The molecule has 2 rings (SSSR count). The first kappa shape index (κ1) is 11.2. The number of nitriles is 1. The lowest BCUT2D eigenvalue weighted by Crippen LogP contribution is -1.97. The Morgan fingerprint density at radius 3 is 2.94 bits per heavy atom. The van der Waals surface area contributed by atoms with Crippen molar-refractivity contribution in [1.82, 2.24) is 9.97 Å². The number of aromatic nitrogens is 2.